The van der Waals surface area contributed by atoms with Crippen molar-refractivity contribution in [3.8, 4) is 0 Å². The van der Waals surface area contributed by atoms with Gasteiger partial charge in [0.15, 0.2) is 0 Å². The number of nitrogens with zero attached hydrogens (tertiary/aromatic N) is 2. The van der Waals surface area contributed by atoms with Crippen LogP contribution in [0.1, 0.15) is 51.5 Å². The molecule has 1 saturated carbocycles. The molecular weight excluding hydrogens is 318 g/mol. The van der Waals surface area contributed by atoms with Crippen LogP contribution in [-0.4, -0.2) is 43.7 Å². The predicted octanol–water partition coefficient (Wildman–Crippen LogP) is 4.32. The van der Waals surface area contributed by atoms with Gasteiger partial charge >= 0.3 is 0 Å². The lowest BCUT2D eigenvalue weighted by molar-refractivity contribution is 0.271. The number of benzene rings is 1. The minimum Gasteiger partial charge on any atom is -0.368 e. The van der Waals surface area contributed by atoms with E-state index in [-0.39, 0.29) is 0 Å². The zero-order valence-corrected chi connectivity index (χ0v) is 16.2. The molecular formula is C20H34ClN3. The first kappa shape index (κ1) is 19.6. The van der Waals surface area contributed by atoms with E-state index in [0.29, 0.717) is 6.04 Å². The Morgan fingerprint density at radius 1 is 1.04 bits per heavy atom. The fourth-order valence-electron chi connectivity index (χ4n) is 3.52. The summed E-state index contributed by atoms with van der Waals surface area (Å²) in [5.41, 5.74) is 8.10. The molecule has 2 fully saturated rings. The van der Waals surface area contributed by atoms with Crippen LogP contribution in [0.15, 0.2) is 18.2 Å². The van der Waals surface area contributed by atoms with Crippen molar-refractivity contribution in [3.63, 3.8) is 0 Å². The molecule has 1 aliphatic heterocycles. The number of likely N-dealkylation sites (N-methyl/N-ethyl adjacent to an activating group) is 1. The SMILES string of the molecule is CCc1cccc(N2CCN(CC)CC2)c1Cl.NC1CCCCC1. The summed E-state index contributed by atoms with van der Waals surface area (Å²) < 4.78 is 0. The van der Waals surface area contributed by atoms with Crippen molar-refractivity contribution < 1.29 is 0 Å². The van der Waals surface area contributed by atoms with Crippen LogP contribution in [0, 0.1) is 0 Å². The van der Waals surface area contributed by atoms with Crippen molar-refractivity contribution in [1.29, 1.82) is 0 Å². The fraction of sp³-hybridized carbons (Fsp3) is 0.700. The Kier molecular flexibility index (Phi) is 8.37. The molecule has 136 valence electrons. The molecule has 3 rings (SSSR count). The van der Waals surface area contributed by atoms with E-state index in [4.69, 9.17) is 17.3 Å². The Morgan fingerprint density at radius 3 is 2.21 bits per heavy atom. The number of hydrogen-bond acceptors (Lipinski definition) is 3. The Balaban J connectivity index is 0.000000249. The van der Waals surface area contributed by atoms with E-state index in [2.05, 4.69) is 41.8 Å². The van der Waals surface area contributed by atoms with E-state index in [1.54, 1.807) is 0 Å². The first-order valence-electron chi connectivity index (χ1n) is 9.66. The van der Waals surface area contributed by atoms with Crippen LogP contribution in [0.25, 0.3) is 0 Å². The van der Waals surface area contributed by atoms with Crippen molar-refractivity contribution in [2.45, 2.75) is 58.4 Å². The van der Waals surface area contributed by atoms with Crippen LogP contribution in [0.3, 0.4) is 0 Å². The lowest BCUT2D eigenvalue weighted by atomic mass is 9.97. The molecule has 0 unspecified atom stereocenters. The molecule has 4 heteroatoms. The number of piperazine rings is 1. The Labute approximate surface area is 153 Å². The van der Waals surface area contributed by atoms with Gasteiger partial charge in [-0.3, -0.25) is 0 Å². The van der Waals surface area contributed by atoms with E-state index in [1.165, 1.54) is 43.4 Å². The molecule has 1 heterocycles. The van der Waals surface area contributed by atoms with Crippen LogP contribution in [0.2, 0.25) is 5.02 Å². The molecule has 0 spiro atoms. The summed E-state index contributed by atoms with van der Waals surface area (Å²) in [6.45, 7) is 9.98. The standard InChI is InChI=1S/C14H21ClN2.C6H13N/c1-3-12-6-5-7-13(14(12)15)17-10-8-16(4-2)9-11-17;7-6-4-2-1-3-5-6/h5-7H,3-4,8-11H2,1-2H3;6H,1-5,7H2. The second-order valence-corrected chi connectivity index (χ2v) is 7.30. The summed E-state index contributed by atoms with van der Waals surface area (Å²) in [5.74, 6) is 0. The number of rotatable bonds is 3. The van der Waals surface area contributed by atoms with Crippen molar-refractivity contribution >= 4 is 17.3 Å². The predicted molar refractivity (Wildman–Crippen MR) is 106 cm³/mol. The smallest absolute Gasteiger partial charge is 0.0671 e. The fourth-order valence-corrected chi connectivity index (χ4v) is 3.90. The highest BCUT2D eigenvalue weighted by atomic mass is 35.5. The third-order valence-corrected chi connectivity index (χ3v) is 5.69. The highest BCUT2D eigenvalue weighted by Gasteiger charge is 2.18. The molecule has 1 saturated heterocycles. The summed E-state index contributed by atoms with van der Waals surface area (Å²) in [7, 11) is 0. The Hall–Kier alpha value is -0.770. The van der Waals surface area contributed by atoms with Crippen molar-refractivity contribution in [3.05, 3.63) is 28.8 Å². The van der Waals surface area contributed by atoms with Crippen LogP contribution >= 0.6 is 11.6 Å². The topological polar surface area (TPSA) is 32.5 Å². The van der Waals surface area contributed by atoms with Gasteiger partial charge in [0.1, 0.15) is 0 Å². The third kappa shape index (κ3) is 5.65. The lowest BCUT2D eigenvalue weighted by Gasteiger charge is -2.36. The van der Waals surface area contributed by atoms with Crippen LogP contribution in [0.5, 0.6) is 0 Å². The van der Waals surface area contributed by atoms with Crippen molar-refractivity contribution in [1.82, 2.24) is 4.90 Å². The number of halogens is 1. The number of hydrogen-bond donors (Lipinski definition) is 1. The molecule has 0 bridgehead atoms. The van der Waals surface area contributed by atoms with Gasteiger partial charge in [0.05, 0.1) is 10.7 Å². The van der Waals surface area contributed by atoms with Gasteiger partial charge in [-0.2, -0.15) is 0 Å². The molecule has 1 aromatic rings. The first-order chi connectivity index (χ1) is 11.7. The summed E-state index contributed by atoms with van der Waals surface area (Å²) >= 11 is 6.46. The molecule has 0 radical (unpaired) electrons. The van der Waals surface area contributed by atoms with Crippen molar-refractivity contribution in [2.24, 2.45) is 5.73 Å². The minimum atomic E-state index is 0.536. The Morgan fingerprint density at radius 2 is 1.71 bits per heavy atom. The van der Waals surface area contributed by atoms with E-state index >= 15 is 0 Å². The third-order valence-electron chi connectivity index (χ3n) is 5.25. The molecule has 0 amide bonds. The van der Waals surface area contributed by atoms with E-state index in [9.17, 15) is 0 Å². The Bertz CT molecular complexity index is 478. The molecule has 0 atom stereocenters. The monoisotopic (exact) mass is 351 g/mol. The van der Waals surface area contributed by atoms with Crippen LogP contribution in [0.4, 0.5) is 5.69 Å². The summed E-state index contributed by atoms with van der Waals surface area (Å²) in [6.07, 6.45) is 7.66. The van der Waals surface area contributed by atoms with Gasteiger partial charge in [-0.1, -0.05) is 56.8 Å². The number of anilines is 1. The zero-order valence-electron chi connectivity index (χ0n) is 15.4. The van der Waals surface area contributed by atoms with Gasteiger partial charge in [0, 0.05) is 32.2 Å². The van der Waals surface area contributed by atoms with Gasteiger partial charge in [-0.25, -0.2) is 0 Å². The number of aryl methyl sites for hydroxylation is 1. The zero-order chi connectivity index (χ0) is 17.4. The average molecular weight is 352 g/mol. The molecule has 2 aliphatic rings. The maximum atomic E-state index is 6.46. The number of nitrogens with two attached hydrogens (primary N) is 1. The maximum absolute atomic E-state index is 6.46. The highest BCUT2D eigenvalue weighted by Crippen LogP contribution is 2.30. The van der Waals surface area contributed by atoms with Crippen molar-refractivity contribution in [2.75, 3.05) is 37.6 Å². The van der Waals surface area contributed by atoms with Gasteiger partial charge in [-0.15, -0.1) is 0 Å². The molecule has 1 aromatic carbocycles. The van der Waals surface area contributed by atoms with Gasteiger partial charge in [0.2, 0.25) is 0 Å². The van der Waals surface area contributed by atoms with Crippen LogP contribution in [-0.2, 0) is 6.42 Å². The lowest BCUT2D eigenvalue weighted by Crippen LogP contribution is -2.46. The normalized spacial score (nSPS) is 19.8. The molecule has 1 aliphatic carbocycles. The first-order valence-corrected chi connectivity index (χ1v) is 10.0. The molecule has 3 nitrogen and oxygen atoms in total. The largest absolute Gasteiger partial charge is 0.368 e. The molecule has 0 aromatic heterocycles. The summed E-state index contributed by atoms with van der Waals surface area (Å²) in [6, 6.07) is 6.91. The van der Waals surface area contributed by atoms with Gasteiger partial charge in [0.25, 0.3) is 0 Å². The highest BCUT2D eigenvalue weighted by molar-refractivity contribution is 6.34. The summed E-state index contributed by atoms with van der Waals surface area (Å²) in [5, 5.41) is 0.944. The average Bonchev–Trinajstić information content (AvgIpc) is 2.63. The maximum Gasteiger partial charge on any atom is 0.0671 e. The molecule has 24 heavy (non-hydrogen) atoms. The van der Waals surface area contributed by atoms with Gasteiger partial charge in [-0.05, 0) is 37.4 Å². The van der Waals surface area contributed by atoms with E-state index in [0.717, 1.165) is 44.2 Å². The quantitative estimate of drug-likeness (QED) is 0.880. The van der Waals surface area contributed by atoms with E-state index < -0.39 is 0 Å². The van der Waals surface area contributed by atoms with Crippen LogP contribution < -0.4 is 10.6 Å². The second-order valence-electron chi connectivity index (χ2n) is 6.92. The summed E-state index contributed by atoms with van der Waals surface area (Å²) in [4.78, 5) is 4.89. The molecule has 2 N–H and O–H groups in total. The van der Waals surface area contributed by atoms with Gasteiger partial charge < -0.3 is 15.5 Å². The second kappa shape index (κ2) is 10.3. The van der Waals surface area contributed by atoms with E-state index in [1.807, 2.05) is 0 Å². The minimum absolute atomic E-state index is 0.536.